The van der Waals surface area contributed by atoms with Crippen LogP contribution in [0.25, 0.3) is 0 Å². The molecule has 0 spiro atoms. The molecule has 2 fully saturated rings. The van der Waals surface area contributed by atoms with Gasteiger partial charge in [-0.15, -0.1) is 0 Å². The minimum absolute atomic E-state index is 0.134. The predicted octanol–water partition coefficient (Wildman–Crippen LogP) is 0.968. The second kappa shape index (κ2) is 10.1. The first kappa shape index (κ1) is 24.0. The van der Waals surface area contributed by atoms with Crippen molar-refractivity contribution in [2.45, 2.75) is 83.8 Å². The molecule has 9 nitrogen and oxygen atoms in total. The van der Waals surface area contributed by atoms with Gasteiger partial charge in [0.1, 0.15) is 6.04 Å². The van der Waals surface area contributed by atoms with Gasteiger partial charge in [0.25, 0.3) is 0 Å². The number of rotatable bonds is 6. The highest BCUT2D eigenvalue weighted by molar-refractivity contribution is 5.92. The molecule has 4 N–H and O–H groups in total. The van der Waals surface area contributed by atoms with Gasteiger partial charge in [-0.05, 0) is 24.7 Å². The van der Waals surface area contributed by atoms with Crippen molar-refractivity contribution < 1.29 is 19.2 Å². The molecule has 0 aromatic heterocycles. The molecule has 1 aliphatic heterocycles. The predicted molar refractivity (Wildman–Crippen MR) is 113 cm³/mol. The molecule has 0 aromatic carbocycles. The van der Waals surface area contributed by atoms with Gasteiger partial charge < -0.3 is 26.2 Å². The Morgan fingerprint density at radius 3 is 2.23 bits per heavy atom. The molecule has 2 rings (SSSR count). The van der Waals surface area contributed by atoms with E-state index in [-0.39, 0.29) is 36.4 Å². The lowest BCUT2D eigenvalue weighted by molar-refractivity contribution is -0.145. The van der Waals surface area contributed by atoms with Crippen LogP contribution in [0.2, 0.25) is 0 Å². The molecule has 2 atom stereocenters. The number of urea groups is 1. The summed E-state index contributed by atoms with van der Waals surface area (Å²) in [7, 11) is 1.48. The number of amides is 5. The zero-order valence-corrected chi connectivity index (χ0v) is 18.7. The third kappa shape index (κ3) is 6.88. The fourth-order valence-electron chi connectivity index (χ4n) is 4.26. The molecule has 0 bridgehead atoms. The average molecular weight is 424 g/mol. The summed E-state index contributed by atoms with van der Waals surface area (Å²) in [5, 5.41) is 5.90. The van der Waals surface area contributed by atoms with Crippen LogP contribution in [0.3, 0.4) is 0 Å². The zero-order valence-electron chi connectivity index (χ0n) is 18.7. The summed E-state index contributed by atoms with van der Waals surface area (Å²) in [5.74, 6) is -1.15. The Morgan fingerprint density at radius 2 is 1.67 bits per heavy atom. The molecule has 1 heterocycles. The summed E-state index contributed by atoms with van der Waals surface area (Å²) < 4.78 is 0. The standard InChI is InChI=1S/C21H37N5O4/c1-21(2,3)12-17(28)26-11-10-15(18(26)19(29)25(4)13-16(22)27)24-20(30)23-14-8-6-5-7-9-14/h14-15,18H,5-13H2,1-4H3,(H2,22,27)(H2,23,24,30)/t15-,18-/m0/s1. The Kier molecular flexibility index (Phi) is 8.09. The molecule has 0 unspecified atom stereocenters. The molecule has 1 saturated carbocycles. The van der Waals surface area contributed by atoms with Crippen LogP contribution >= 0.6 is 0 Å². The van der Waals surface area contributed by atoms with Crippen molar-refractivity contribution >= 4 is 23.8 Å². The van der Waals surface area contributed by atoms with Crippen molar-refractivity contribution in [3.8, 4) is 0 Å². The van der Waals surface area contributed by atoms with Gasteiger partial charge in [-0.3, -0.25) is 14.4 Å². The number of nitrogens with one attached hydrogen (secondary N) is 2. The summed E-state index contributed by atoms with van der Waals surface area (Å²) in [4.78, 5) is 52.6. The van der Waals surface area contributed by atoms with Crippen molar-refractivity contribution in [1.29, 1.82) is 0 Å². The molecule has 170 valence electrons. The molecule has 0 radical (unpaired) electrons. The fourth-order valence-corrected chi connectivity index (χ4v) is 4.26. The summed E-state index contributed by atoms with van der Waals surface area (Å²) in [6.07, 6.45) is 6.07. The maximum atomic E-state index is 13.1. The maximum absolute atomic E-state index is 13.1. The van der Waals surface area contributed by atoms with Crippen molar-refractivity contribution in [3.05, 3.63) is 0 Å². The summed E-state index contributed by atoms with van der Waals surface area (Å²) in [6.45, 7) is 6.03. The van der Waals surface area contributed by atoms with E-state index in [1.165, 1.54) is 23.3 Å². The number of carbonyl (C=O) groups is 4. The van der Waals surface area contributed by atoms with E-state index < -0.39 is 23.9 Å². The van der Waals surface area contributed by atoms with Gasteiger partial charge in [0.05, 0.1) is 12.6 Å². The van der Waals surface area contributed by atoms with Crippen LogP contribution < -0.4 is 16.4 Å². The van der Waals surface area contributed by atoms with Gasteiger partial charge in [0.2, 0.25) is 17.7 Å². The first-order valence-electron chi connectivity index (χ1n) is 10.9. The van der Waals surface area contributed by atoms with Gasteiger partial charge >= 0.3 is 6.03 Å². The Bertz CT molecular complexity index is 654. The average Bonchev–Trinajstić information content (AvgIpc) is 3.03. The minimum Gasteiger partial charge on any atom is -0.368 e. The largest absolute Gasteiger partial charge is 0.368 e. The van der Waals surface area contributed by atoms with E-state index in [1.54, 1.807) is 0 Å². The summed E-state index contributed by atoms with van der Waals surface area (Å²) in [6, 6.07) is -1.53. The molecule has 1 saturated heterocycles. The third-order valence-corrected chi connectivity index (χ3v) is 5.68. The zero-order chi connectivity index (χ0) is 22.5. The number of nitrogens with two attached hydrogens (primary N) is 1. The van der Waals surface area contributed by atoms with Gasteiger partial charge in [-0.1, -0.05) is 40.0 Å². The number of likely N-dealkylation sites (N-methyl/N-ethyl adjacent to an activating group) is 1. The first-order valence-corrected chi connectivity index (χ1v) is 10.9. The van der Waals surface area contributed by atoms with Crippen LogP contribution in [0.1, 0.15) is 65.7 Å². The second-order valence-corrected chi connectivity index (χ2v) is 9.78. The van der Waals surface area contributed by atoms with Gasteiger partial charge in [0, 0.05) is 26.1 Å². The van der Waals surface area contributed by atoms with Crippen molar-refractivity contribution in [2.24, 2.45) is 11.1 Å². The lowest BCUT2D eigenvalue weighted by atomic mass is 9.91. The first-order chi connectivity index (χ1) is 14.0. The van der Waals surface area contributed by atoms with Crippen LogP contribution in [0.5, 0.6) is 0 Å². The second-order valence-electron chi connectivity index (χ2n) is 9.78. The molecule has 30 heavy (non-hydrogen) atoms. The van der Waals surface area contributed by atoms with E-state index in [4.69, 9.17) is 5.73 Å². The Labute approximate surface area is 179 Å². The molecular weight excluding hydrogens is 386 g/mol. The van der Waals surface area contributed by atoms with E-state index in [0.717, 1.165) is 25.7 Å². The van der Waals surface area contributed by atoms with Crippen LogP contribution in [0.4, 0.5) is 4.79 Å². The Morgan fingerprint density at radius 1 is 1.03 bits per heavy atom. The summed E-state index contributed by atoms with van der Waals surface area (Å²) in [5.41, 5.74) is 5.01. The maximum Gasteiger partial charge on any atom is 0.315 e. The molecule has 9 heteroatoms. The van der Waals surface area contributed by atoms with Gasteiger partial charge in [-0.25, -0.2) is 4.79 Å². The van der Waals surface area contributed by atoms with Crippen LogP contribution in [0, 0.1) is 5.41 Å². The molecular formula is C21H37N5O4. The topological polar surface area (TPSA) is 125 Å². The number of hydrogen-bond donors (Lipinski definition) is 3. The fraction of sp³-hybridized carbons (Fsp3) is 0.810. The van der Waals surface area contributed by atoms with Crippen molar-refractivity contribution in [1.82, 2.24) is 20.4 Å². The van der Waals surface area contributed by atoms with Crippen LogP contribution in [-0.2, 0) is 14.4 Å². The van der Waals surface area contributed by atoms with Gasteiger partial charge in [-0.2, -0.15) is 0 Å². The number of carbonyl (C=O) groups excluding carboxylic acids is 4. The molecule has 5 amide bonds. The number of hydrogen-bond acceptors (Lipinski definition) is 4. The molecule has 0 aromatic rings. The van der Waals surface area contributed by atoms with Crippen LogP contribution in [-0.4, -0.2) is 71.8 Å². The highest BCUT2D eigenvalue weighted by Gasteiger charge is 2.44. The lowest BCUT2D eigenvalue weighted by Gasteiger charge is -2.32. The highest BCUT2D eigenvalue weighted by atomic mass is 16.2. The number of likely N-dealkylation sites (tertiary alicyclic amines) is 1. The van der Waals surface area contributed by atoms with E-state index in [2.05, 4.69) is 10.6 Å². The SMILES string of the molecule is CN(CC(N)=O)C(=O)[C@@H]1[C@@H](NC(=O)NC2CCCCC2)CCN1C(=O)CC(C)(C)C. The van der Waals surface area contributed by atoms with E-state index in [1.807, 2.05) is 20.8 Å². The quantitative estimate of drug-likeness (QED) is 0.588. The van der Waals surface area contributed by atoms with E-state index >= 15 is 0 Å². The Hall–Kier alpha value is -2.32. The monoisotopic (exact) mass is 423 g/mol. The third-order valence-electron chi connectivity index (χ3n) is 5.68. The molecule has 2 aliphatic rings. The van der Waals surface area contributed by atoms with Gasteiger partial charge in [0.15, 0.2) is 0 Å². The number of primary amides is 1. The highest BCUT2D eigenvalue weighted by Crippen LogP contribution is 2.26. The normalized spacial score (nSPS) is 22.5. The van der Waals surface area contributed by atoms with E-state index in [0.29, 0.717) is 13.0 Å². The number of nitrogens with zero attached hydrogens (tertiary/aromatic N) is 2. The lowest BCUT2D eigenvalue weighted by Crippen LogP contribution is -2.57. The van der Waals surface area contributed by atoms with Crippen LogP contribution in [0.15, 0.2) is 0 Å². The smallest absolute Gasteiger partial charge is 0.315 e. The molecule has 1 aliphatic carbocycles. The van der Waals surface area contributed by atoms with Crippen molar-refractivity contribution in [3.63, 3.8) is 0 Å². The van der Waals surface area contributed by atoms with Crippen molar-refractivity contribution in [2.75, 3.05) is 20.1 Å². The van der Waals surface area contributed by atoms with E-state index in [9.17, 15) is 19.2 Å². The Balaban J connectivity index is 2.11. The summed E-state index contributed by atoms with van der Waals surface area (Å²) >= 11 is 0. The minimum atomic E-state index is -0.846.